The standard InChI is InChI=1S/C16H23BrN2O2/c1-4-6-7-14(5-2)18-19-16(20)11-21-15-9-8-13(17)10-12(15)3/h8-10H,4-7,11H2,1-3H3,(H,19,20)/b18-14+. The van der Waals surface area contributed by atoms with Crippen molar-refractivity contribution in [2.45, 2.75) is 46.5 Å². The molecule has 0 aromatic heterocycles. The van der Waals surface area contributed by atoms with Crippen LogP contribution in [-0.2, 0) is 4.79 Å². The molecule has 0 atom stereocenters. The first-order valence-electron chi connectivity index (χ1n) is 7.30. The average molecular weight is 355 g/mol. The van der Waals surface area contributed by atoms with Gasteiger partial charge in [-0.15, -0.1) is 0 Å². The molecule has 0 spiro atoms. The number of aryl methyl sites for hydroxylation is 1. The second kappa shape index (κ2) is 9.55. The molecule has 0 aliphatic rings. The minimum absolute atomic E-state index is 0.0310. The van der Waals surface area contributed by atoms with Gasteiger partial charge in [0.2, 0.25) is 0 Å². The molecule has 0 aliphatic carbocycles. The highest BCUT2D eigenvalue weighted by atomic mass is 79.9. The second-order valence-electron chi connectivity index (χ2n) is 4.87. The fourth-order valence-electron chi connectivity index (χ4n) is 1.78. The van der Waals surface area contributed by atoms with Crippen molar-refractivity contribution in [1.29, 1.82) is 0 Å². The van der Waals surface area contributed by atoms with Crippen LogP contribution in [0.3, 0.4) is 0 Å². The molecule has 0 aliphatic heterocycles. The Morgan fingerprint density at radius 2 is 2.14 bits per heavy atom. The van der Waals surface area contributed by atoms with Crippen LogP contribution in [0.25, 0.3) is 0 Å². The fourth-order valence-corrected chi connectivity index (χ4v) is 2.26. The van der Waals surface area contributed by atoms with E-state index in [4.69, 9.17) is 4.74 Å². The summed E-state index contributed by atoms with van der Waals surface area (Å²) in [6.07, 6.45) is 4.00. The van der Waals surface area contributed by atoms with Crippen LogP contribution in [0, 0.1) is 6.92 Å². The van der Waals surface area contributed by atoms with Crippen molar-refractivity contribution >= 4 is 27.5 Å². The molecule has 1 aromatic carbocycles. The van der Waals surface area contributed by atoms with Crippen LogP contribution in [0.4, 0.5) is 0 Å². The van der Waals surface area contributed by atoms with Gasteiger partial charge in [-0.3, -0.25) is 4.79 Å². The molecule has 1 amide bonds. The van der Waals surface area contributed by atoms with Crippen LogP contribution in [0.5, 0.6) is 5.75 Å². The topological polar surface area (TPSA) is 50.7 Å². The summed E-state index contributed by atoms with van der Waals surface area (Å²) in [6, 6.07) is 5.68. The van der Waals surface area contributed by atoms with E-state index in [2.05, 4.69) is 33.4 Å². The van der Waals surface area contributed by atoms with Gasteiger partial charge >= 0.3 is 0 Å². The monoisotopic (exact) mass is 354 g/mol. The van der Waals surface area contributed by atoms with Gasteiger partial charge in [-0.05, 0) is 49.9 Å². The Morgan fingerprint density at radius 1 is 1.38 bits per heavy atom. The van der Waals surface area contributed by atoms with Crippen molar-refractivity contribution < 1.29 is 9.53 Å². The second-order valence-corrected chi connectivity index (χ2v) is 5.78. The Hall–Kier alpha value is -1.36. The molecule has 116 valence electrons. The lowest BCUT2D eigenvalue weighted by molar-refractivity contribution is -0.123. The Kier molecular flexibility index (Phi) is 8.05. The van der Waals surface area contributed by atoms with Crippen molar-refractivity contribution in [1.82, 2.24) is 5.43 Å². The number of amides is 1. The highest BCUT2D eigenvalue weighted by Gasteiger charge is 2.05. The third-order valence-corrected chi connectivity index (χ3v) is 3.55. The predicted molar refractivity (Wildman–Crippen MR) is 89.8 cm³/mol. The molecular formula is C16H23BrN2O2. The maximum atomic E-state index is 11.7. The van der Waals surface area contributed by atoms with Crippen LogP contribution in [0.2, 0.25) is 0 Å². The molecule has 1 aromatic rings. The smallest absolute Gasteiger partial charge is 0.277 e. The van der Waals surface area contributed by atoms with E-state index in [0.717, 1.165) is 41.4 Å². The number of unbranched alkanes of at least 4 members (excludes halogenated alkanes) is 1. The fraction of sp³-hybridized carbons (Fsp3) is 0.500. The number of carbonyl (C=O) groups is 1. The van der Waals surface area contributed by atoms with Gasteiger partial charge in [-0.25, -0.2) is 5.43 Å². The average Bonchev–Trinajstić information content (AvgIpc) is 2.46. The summed E-state index contributed by atoms with van der Waals surface area (Å²) >= 11 is 3.39. The van der Waals surface area contributed by atoms with E-state index in [9.17, 15) is 4.79 Å². The van der Waals surface area contributed by atoms with Crippen LogP contribution in [0.1, 0.15) is 45.1 Å². The number of benzene rings is 1. The zero-order valence-electron chi connectivity index (χ0n) is 12.9. The SMILES string of the molecule is CCCC/C(CC)=N/NC(=O)COc1ccc(Br)cc1C. The van der Waals surface area contributed by atoms with Gasteiger partial charge in [0.1, 0.15) is 5.75 Å². The highest BCUT2D eigenvalue weighted by Crippen LogP contribution is 2.21. The summed E-state index contributed by atoms with van der Waals surface area (Å²) in [7, 11) is 0. The summed E-state index contributed by atoms with van der Waals surface area (Å²) in [6.45, 7) is 6.09. The van der Waals surface area contributed by atoms with Crippen molar-refractivity contribution in [2.24, 2.45) is 5.10 Å². The Labute approximate surface area is 135 Å². The summed E-state index contributed by atoms with van der Waals surface area (Å²) in [5, 5.41) is 4.16. The summed E-state index contributed by atoms with van der Waals surface area (Å²) in [5.41, 5.74) is 4.56. The summed E-state index contributed by atoms with van der Waals surface area (Å²) < 4.78 is 6.49. The van der Waals surface area contributed by atoms with Crippen LogP contribution in [0.15, 0.2) is 27.8 Å². The lowest BCUT2D eigenvalue weighted by Crippen LogP contribution is -2.26. The van der Waals surface area contributed by atoms with E-state index in [0.29, 0.717) is 5.75 Å². The molecular weight excluding hydrogens is 332 g/mol. The molecule has 0 bridgehead atoms. The van der Waals surface area contributed by atoms with E-state index in [1.54, 1.807) is 0 Å². The molecule has 1 rings (SSSR count). The maximum absolute atomic E-state index is 11.7. The first-order chi connectivity index (χ1) is 10.1. The van der Waals surface area contributed by atoms with Crippen molar-refractivity contribution in [3.05, 3.63) is 28.2 Å². The first kappa shape index (κ1) is 17.7. The number of nitrogens with zero attached hydrogens (tertiary/aromatic N) is 1. The highest BCUT2D eigenvalue weighted by molar-refractivity contribution is 9.10. The van der Waals surface area contributed by atoms with Crippen molar-refractivity contribution in [3.8, 4) is 5.75 Å². The summed E-state index contributed by atoms with van der Waals surface area (Å²) in [5.74, 6) is 0.471. The number of hydrogen-bond donors (Lipinski definition) is 1. The normalized spacial score (nSPS) is 11.3. The predicted octanol–water partition coefficient (Wildman–Crippen LogP) is 4.21. The van der Waals surface area contributed by atoms with Crippen molar-refractivity contribution in [3.63, 3.8) is 0 Å². The van der Waals surface area contributed by atoms with E-state index in [1.807, 2.05) is 32.0 Å². The molecule has 21 heavy (non-hydrogen) atoms. The molecule has 0 saturated carbocycles. The van der Waals surface area contributed by atoms with Crippen LogP contribution >= 0.6 is 15.9 Å². The van der Waals surface area contributed by atoms with E-state index in [-0.39, 0.29) is 12.5 Å². The molecule has 0 heterocycles. The number of rotatable bonds is 8. The van der Waals surface area contributed by atoms with E-state index >= 15 is 0 Å². The van der Waals surface area contributed by atoms with Crippen LogP contribution in [-0.4, -0.2) is 18.2 Å². The first-order valence-corrected chi connectivity index (χ1v) is 8.09. The van der Waals surface area contributed by atoms with E-state index < -0.39 is 0 Å². The minimum Gasteiger partial charge on any atom is -0.483 e. The Morgan fingerprint density at radius 3 is 2.76 bits per heavy atom. The molecule has 0 radical (unpaired) electrons. The Balaban J connectivity index is 2.44. The van der Waals surface area contributed by atoms with Gasteiger partial charge in [-0.2, -0.15) is 5.10 Å². The number of carbonyl (C=O) groups excluding carboxylic acids is 1. The quantitative estimate of drug-likeness (QED) is 0.561. The Bertz CT molecular complexity index is 501. The van der Waals surface area contributed by atoms with Gasteiger partial charge < -0.3 is 4.74 Å². The number of hydrogen-bond acceptors (Lipinski definition) is 3. The molecule has 0 saturated heterocycles. The zero-order valence-corrected chi connectivity index (χ0v) is 14.5. The number of hydrazone groups is 1. The molecule has 5 heteroatoms. The van der Waals surface area contributed by atoms with E-state index in [1.165, 1.54) is 0 Å². The van der Waals surface area contributed by atoms with Gasteiger partial charge in [0.15, 0.2) is 6.61 Å². The number of halogens is 1. The third kappa shape index (κ3) is 6.76. The van der Waals surface area contributed by atoms with Gasteiger partial charge in [0, 0.05) is 10.2 Å². The zero-order chi connectivity index (χ0) is 15.7. The maximum Gasteiger partial charge on any atom is 0.277 e. The van der Waals surface area contributed by atoms with Gasteiger partial charge in [0.25, 0.3) is 5.91 Å². The van der Waals surface area contributed by atoms with Crippen LogP contribution < -0.4 is 10.2 Å². The molecule has 1 N–H and O–H groups in total. The molecule has 0 unspecified atom stereocenters. The van der Waals surface area contributed by atoms with Gasteiger partial charge in [-0.1, -0.05) is 36.2 Å². The number of ether oxygens (including phenoxy) is 1. The van der Waals surface area contributed by atoms with Gasteiger partial charge in [0.05, 0.1) is 0 Å². The largest absolute Gasteiger partial charge is 0.483 e. The van der Waals surface area contributed by atoms with Crippen molar-refractivity contribution in [2.75, 3.05) is 6.61 Å². The lowest BCUT2D eigenvalue weighted by Gasteiger charge is -2.09. The lowest BCUT2D eigenvalue weighted by atomic mass is 10.1. The molecule has 0 fully saturated rings. The molecule has 4 nitrogen and oxygen atoms in total. The third-order valence-electron chi connectivity index (χ3n) is 3.06. The minimum atomic E-state index is -0.236. The number of nitrogens with one attached hydrogen (secondary N) is 1. The summed E-state index contributed by atoms with van der Waals surface area (Å²) in [4.78, 5) is 11.7.